The van der Waals surface area contributed by atoms with Crippen molar-refractivity contribution in [2.45, 2.75) is 20.3 Å². The third kappa shape index (κ3) is 5.04. The van der Waals surface area contributed by atoms with E-state index in [0.717, 1.165) is 6.42 Å². The summed E-state index contributed by atoms with van der Waals surface area (Å²) in [6.07, 6.45) is 0.857. The number of thiophene rings is 1. The van der Waals surface area contributed by atoms with Crippen LogP contribution in [0.25, 0.3) is 0 Å². The summed E-state index contributed by atoms with van der Waals surface area (Å²) >= 11 is 6.96. The van der Waals surface area contributed by atoms with Gasteiger partial charge in [-0.05, 0) is 37.1 Å². The molecule has 6 heteroatoms. The Balaban J connectivity index is 2.35. The van der Waals surface area contributed by atoms with Crippen LogP contribution in [-0.4, -0.2) is 19.8 Å². The molecule has 0 aromatic carbocycles. The summed E-state index contributed by atoms with van der Waals surface area (Å²) in [5.41, 5.74) is 0. The first-order chi connectivity index (χ1) is 7.70. The first-order valence-electron chi connectivity index (χ1n) is 5.26. The summed E-state index contributed by atoms with van der Waals surface area (Å²) in [6.45, 7) is 2.89. The standard InChI is InChI=1S/C10H17O3PS2/c1-3-11-14(15,12-4-2)13-8-7-10-6-5-9-16-10/h5-6,9H,3-4,7-8H2,1-2H3. The molecule has 0 atom stereocenters. The fraction of sp³-hybridized carbons (Fsp3) is 0.600. The highest BCUT2D eigenvalue weighted by molar-refractivity contribution is 8.07. The first kappa shape index (κ1) is 14.3. The van der Waals surface area contributed by atoms with Crippen molar-refractivity contribution in [2.24, 2.45) is 0 Å². The van der Waals surface area contributed by atoms with Crippen LogP contribution in [-0.2, 0) is 31.8 Å². The Hall–Kier alpha value is 0.230. The van der Waals surface area contributed by atoms with Crippen molar-refractivity contribution in [3.05, 3.63) is 22.4 Å². The Labute approximate surface area is 106 Å². The van der Waals surface area contributed by atoms with Gasteiger partial charge in [0.25, 0.3) is 0 Å². The van der Waals surface area contributed by atoms with Gasteiger partial charge in [0.1, 0.15) is 0 Å². The van der Waals surface area contributed by atoms with Gasteiger partial charge in [-0.25, -0.2) is 0 Å². The molecule has 0 fully saturated rings. The summed E-state index contributed by atoms with van der Waals surface area (Å²) in [4.78, 5) is 1.29. The zero-order chi connectivity index (χ0) is 11.9. The van der Waals surface area contributed by atoms with E-state index in [1.807, 2.05) is 19.9 Å². The maximum Gasteiger partial charge on any atom is 0.327 e. The van der Waals surface area contributed by atoms with Crippen molar-refractivity contribution in [1.82, 2.24) is 0 Å². The van der Waals surface area contributed by atoms with Crippen molar-refractivity contribution >= 4 is 29.9 Å². The zero-order valence-corrected chi connectivity index (χ0v) is 12.1. The molecule has 16 heavy (non-hydrogen) atoms. The van der Waals surface area contributed by atoms with E-state index < -0.39 is 6.72 Å². The Bertz CT molecular complexity index is 317. The third-order valence-electron chi connectivity index (χ3n) is 1.75. The molecule has 0 radical (unpaired) electrons. The average molecular weight is 280 g/mol. The largest absolute Gasteiger partial charge is 0.327 e. The van der Waals surface area contributed by atoms with Gasteiger partial charge in [0.15, 0.2) is 0 Å². The molecule has 3 nitrogen and oxygen atoms in total. The van der Waals surface area contributed by atoms with Crippen LogP contribution in [0.2, 0.25) is 0 Å². The summed E-state index contributed by atoms with van der Waals surface area (Å²) < 4.78 is 16.3. The highest BCUT2D eigenvalue weighted by Gasteiger charge is 2.18. The summed E-state index contributed by atoms with van der Waals surface area (Å²) in [7, 11) is 0. The Morgan fingerprint density at radius 2 is 1.94 bits per heavy atom. The molecule has 1 aromatic rings. The quantitative estimate of drug-likeness (QED) is 0.680. The molecule has 1 aromatic heterocycles. The van der Waals surface area contributed by atoms with Crippen LogP contribution in [0.5, 0.6) is 0 Å². The zero-order valence-electron chi connectivity index (χ0n) is 9.55. The van der Waals surface area contributed by atoms with Crippen LogP contribution in [0.15, 0.2) is 17.5 Å². The number of rotatable bonds is 8. The molecule has 0 saturated heterocycles. The van der Waals surface area contributed by atoms with E-state index in [-0.39, 0.29) is 0 Å². The molecule has 0 spiro atoms. The van der Waals surface area contributed by atoms with E-state index in [0.29, 0.717) is 19.8 Å². The van der Waals surface area contributed by atoms with Crippen LogP contribution in [0, 0.1) is 0 Å². The van der Waals surface area contributed by atoms with E-state index >= 15 is 0 Å². The second-order valence-corrected chi connectivity index (χ2v) is 6.99. The van der Waals surface area contributed by atoms with Gasteiger partial charge < -0.3 is 13.6 Å². The van der Waals surface area contributed by atoms with E-state index in [2.05, 4.69) is 11.4 Å². The van der Waals surface area contributed by atoms with Crippen molar-refractivity contribution in [3.8, 4) is 0 Å². The van der Waals surface area contributed by atoms with E-state index in [9.17, 15) is 0 Å². The van der Waals surface area contributed by atoms with E-state index in [1.165, 1.54) is 4.88 Å². The molecule has 0 amide bonds. The van der Waals surface area contributed by atoms with Gasteiger partial charge in [-0.2, -0.15) is 0 Å². The molecule has 1 heterocycles. The monoisotopic (exact) mass is 280 g/mol. The van der Waals surface area contributed by atoms with Gasteiger partial charge in [-0.3, -0.25) is 0 Å². The van der Waals surface area contributed by atoms with Gasteiger partial charge >= 0.3 is 6.72 Å². The van der Waals surface area contributed by atoms with Crippen LogP contribution < -0.4 is 0 Å². The smallest absolute Gasteiger partial charge is 0.309 e. The molecule has 92 valence electrons. The minimum Gasteiger partial charge on any atom is -0.309 e. The highest BCUT2D eigenvalue weighted by atomic mass is 32.5. The maximum atomic E-state index is 5.57. The normalized spacial score (nSPS) is 11.9. The molecule has 1 rings (SSSR count). The van der Waals surface area contributed by atoms with Crippen LogP contribution in [0.1, 0.15) is 18.7 Å². The predicted molar refractivity (Wildman–Crippen MR) is 71.5 cm³/mol. The van der Waals surface area contributed by atoms with Gasteiger partial charge in [0.2, 0.25) is 0 Å². The van der Waals surface area contributed by atoms with E-state index in [4.69, 9.17) is 25.4 Å². The summed E-state index contributed by atoms with van der Waals surface area (Å²) in [5.74, 6) is 0. The lowest BCUT2D eigenvalue weighted by Gasteiger charge is -2.20. The van der Waals surface area contributed by atoms with Gasteiger partial charge in [0.05, 0.1) is 19.8 Å². The molecule has 0 aliphatic carbocycles. The fourth-order valence-corrected chi connectivity index (χ4v) is 3.86. The Morgan fingerprint density at radius 3 is 2.44 bits per heavy atom. The molecular formula is C10H17O3PS2. The second kappa shape index (κ2) is 7.54. The lowest BCUT2D eigenvalue weighted by Crippen LogP contribution is -2.02. The number of hydrogen-bond donors (Lipinski definition) is 0. The van der Waals surface area contributed by atoms with Gasteiger partial charge in [-0.1, -0.05) is 6.07 Å². The Morgan fingerprint density at radius 1 is 1.25 bits per heavy atom. The molecule has 0 bridgehead atoms. The van der Waals surface area contributed by atoms with Crippen molar-refractivity contribution in [1.29, 1.82) is 0 Å². The third-order valence-corrected chi connectivity index (χ3v) is 5.28. The fourth-order valence-electron chi connectivity index (χ4n) is 1.14. The molecule has 0 aliphatic heterocycles. The van der Waals surface area contributed by atoms with Gasteiger partial charge in [-0.15, -0.1) is 11.3 Å². The topological polar surface area (TPSA) is 27.7 Å². The minimum absolute atomic E-state index is 0.524. The number of hydrogen-bond acceptors (Lipinski definition) is 5. The average Bonchev–Trinajstić information content (AvgIpc) is 2.71. The summed E-state index contributed by atoms with van der Waals surface area (Å²) in [5, 5.41) is 2.05. The van der Waals surface area contributed by atoms with Crippen molar-refractivity contribution in [2.75, 3.05) is 19.8 Å². The first-order valence-corrected chi connectivity index (χ1v) is 8.69. The molecule has 0 aliphatic rings. The van der Waals surface area contributed by atoms with Crippen LogP contribution in [0.3, 0.4) is 0 Å². The molecule has 0 saturated carbocycles. The van der Waals surface area contributed by atoms with Crippen LogP contribution in [0.4, 0.5) is 0 Å². The molecule has 0 N–H and O–H groups in total. The van der Waals surface area contributed by atoms with Crippen molar-refractivity contribution < 1.29 is 13.6 Å². The predicted octanol–water partition coefficient (Wildman–Crippen LogP) is 3.60. The Kier molecular flexibility index (Phi) is 6.73. The SMILES string of the molecule is CCOP(=S)(OCC)OCCc1cccs1. The van der Waals surface area contributed by atoms with Crippen molar-refractivity contribution in [3.63, 3.8) is 0 Å². The van der Waals surface area contributed by atoms with Gasteiger partial charge in [0, 0.05) is 11.3 Å². The lowest BCUT2D eigenvalue weighted by molar-refractivity contribution is 0.168. The van der Waals surface area contributed by atoms with E-state index in [1.54, 1.807) is 11.3 Å². The highest BCUT2D eigenvalue weighted by Crippen LogP contribution is 2.49. The molecular weight excluding hydrogens is 263 g/mol. The molecule has 0 unspecified atom stereocenters. The second-order valence-electron chi connectivity index (χ2n) is 2.95. The maximum absolute atomic E-state index is 5.57. The minimum atomic E-state index is -2.50. The lowest BCUT2D eigenvalue weighted by atomic mass is 10.4. The van der Waals surface area contributed by atoms with Crippen LogP contribution >= 0.6 is 18.1 Å². The summed E-state index contributed by atoms with van der Waals surface area (Å²) in [6, 6.07) is 4.11.